The molecule has 120 valence electrons. The minimum absolute atomic E-state index is 0.105. The summed E-state index contributed by atoms with van der Waals surface area (Å²) in [5.41, 5.74) is -0.105. The van der Waals surface area contributed by atoms with Crippen molar-refractivity contribution in [1.82, 2.24) is 9.71 Å². The normalized spacial score (nSPS) is 12.7. The molecule has 21 heavy (non-hydrogen) atoms. The van der Waals surface area contributed by atoms with Crippen molar-refractivity contribution < 1.29 is 8.42 Å². The van der Waals surface area contributed by atoms with Crippen molar-refractivity contribution >= 4 is 15.8 Å². The number of nitrogens with zero attached hydrogens (tertiary/aromatic N) is 1. The summed E-state index contributed by atoms with van der Waals surface area (Å²) in [6.07, 6.45) is 2.50. The second-order valence-corrected chi connectivity index (χ2v) is 7.98. The molecule has 0 saturated carbocycles. The second kappa shape index (κ2) is 7.22. The van der Waals surface area contributed by atoms with E-state index in [1.807, 2.05) is 6.92 Å². The van der Waals surface area contributed by atoms with Crippen LogP contribution in [0, 0.1) is 11.3 Å². The lowest BCUT2D eigenvalue weighted by Gasteiger charge is -2.29. The van der Waals surface area contributed by atoms with Crippen LogP contribution in [0.1, 0.15) is 41.0 Å². The summed E-state index contributed by atoms with van der Waals surface area (Å²) in [6.45, 7) is 11.4. The molecule has 0 spiro atoms. The van der Waals surface area contributed by atoms with Gasteiger partial charge in [0.25, 0.3) is 0 Å². The van der Waals surface area contributed by atoms with Crippen LogP contribution in [-0.2, 0) is 10.0 Å². The van der Waals surface area contributed by atoms with Gasteiger partial charge in [0.05, 0.1) is 0 Å². The Hall–Kier alpha value is -1.14. The molecule has 1 heterocycles. The highest BCUT2D eigenvalue weighted by molar-refractivity contribution is 7.89. The van der Waals surface area contributed by atoms with Gasteiger partial charge in [-0.3, -0.25) is 0 Å². The number of nitrogens with one attached hydrogen (secondary N) is 2. The third-order valence-electron chi connectivity index (χ3n) is 3.88. The van der Waals surface area contributed by atoms with Crippen molar-refractivity contribution in [3.63, 3.8) is 0 Å². The molecule has 0 saturated heterocycles. The van der Waals surface area contributed by atoms with Crippen LogP contribution >= 0.6 is 0 Å². The van der Waals surface area contributed by atoms with Gasteiger partial charge in [0.1, 0.15) is 10.7 Å². The Morgan fingerprint density at radius 3 is 2.57 bits per heavy atom. The van der Waals surface area contributed by atoms with E-state index in [1.54, 1.807) is 18.3 Å². The first-order chi connectivity index (χ1) is 9.70. The van der Waals surface area contributed by atoms with Crippen molar-refractivity contribution in [2.75, 3.05) is 18.4 Å². The van der Waals surface area contributed by atoms with Crippen LogP contribution in [0.25, 0.3) is 0 Å². The van der Waals surface area contributed by atoms with Gasteiger partial charge in [0, 0.05) is 19.3 Å². The van der Waals surface area contributed by atoms with Crippen molar-refractivity contribution in [3.05, 3.63) is 18.3 Å². The topological polar surface area (TPSA) is 71.1 Å². The molecule has 5 nitrogen and oxygen atoms in total. The van der Waals surface area contributed by atoms with Crippen LogP contribution in [0.4, 0.5) is 5.82 Å². The monoisotopic (exact) mass is 313 g/mol. The highest BCUT2D eigenvalue weighted by Gasteiger charge is 2.26. The van der Waals surface area contributed by atoms with E-state index >= 15 is 0 Å². The van der Waals surface area contributed by atoms with Gasteiger partial charge < -0.3 is 5.32 Å². The van der Waals surface area contributed by atoms with Crippen LogP contribution in [-0.4, -0.2) is 26.5 Å². The fourth-order valence-electron chi connectivity index (χ4n) is 1.55. The first-order valence-corrected chi connectivity index (χ1v) is 8.87. The zero-order valence-corrected chi connectivity index (χ0v) is 14.4. The predicted molar refractivity (Wildman–Crippen MR) is 86.8 cm³/mol. The molecule has 1 aromatic heterocycles. The van der Waals surface area contributed by atoms with Crippen molar-refractivity contribution in [1.29, 1.82) is 0 Å². The van der Waals surface area contributed by atoms with Crippen LogP contribution < -0.4 is 10.0 Å². The summed E-state index contributed by atoms with van der Waals surface area (Å²) in [4.78, 5) is 4.34. The van der Waals surface area contributed by atoms with Gasteiger partial charge in [-0.25, -0.2) is 18.1 Å². The van der Waals surface area contributed by atoms with Gasteiger partial charge >= 0.3 is 0 Å². The molecule has 0 aliphatic heterocycles. The van der Waals surface area contributed by atoms with E-state index in [4.69, 9.17) is 0 Å². The van der Waals surface area contributed by atoms with E-state index in [-0.39, 0.29) is 10.3 Å². The molecule has 0 fully saturated rings. The average Bonchev–Trinajstić information content (AvgIpc) is 2.43. The number of hydrogen-bond acceptors (Lipinski definition) is 4. The fraction of sp³-hybridized carbons (Fsp3) is 0.667. The van der Waals surface area contributed by atoms with Crippen molar-refractivity contribution in [2.24, 2.45) is 11.3 Å². The van der Waals surface area contributed by atoms with Gasteiger partial charge in [-0.15, -0.1) is 0 Å². The maximum absolute atomic E-state index is 12.5. The highest BCUT2D eigenvalue weighted by atomic mass is 32.2. The van der Waals surface area contributed by atoms with Gasteiger partial charge in [0.2, 0.25) is 10.0 Å². The molecular weight excluding hydrogens is 286 g/mol. The lowest BCUT2D eigenvalue weighted by molar-refractivity contribution is 0.252. The van der Waals surface area contributed by atoms with Crippen molar-refractivity contribution in [3.8, 4) is 0 Å². The predicted octanol–water partition coefficient (Wildman–Crippen LogP) is 2.86. The van der Waals surface area contributed by atoms with Crippen LogP contribution in [0.5, 0.6) is 0 Å². The first-order valence-electron chi connectivity index (χ1n) is 7.39. The lowest BCUT2D eigenvalue weighted by atomic mass is 9.81. The Bertz CT molecular complexity index is 554. The minimum atomic E-state index is -3.56. The van der Waals surface area contributed by atoms with Crippen molar-refractivity contribution in [2.45, 2.75) is 45.9 Å². The molecule has 2 N–H and O–H groups in total. The number of aromatic nitrogens is 1. The molecular formula is C15H27N3O2S. The largest absolute Gasteiger partial charge is 0.369 e. The van der Waals surface area contributed by atoms with E-state index in [0.29, 0.717) is 24.8 Å². The Balaban J connectivity index is 2.93. The van der Waals surface area contributed by atoms with Crippen LogP contribution in [0.2, 0.25) is 0 Å². The number of rotatable bonds is 8. The maximum Gasteiger partial charge on any atom is 0.244 e. The zero-order valence-electron chi connectivity index (χ0n) is 13.6. The van der Waals surface area contributed by atoms with Gasteiger partial charge in [-0.2, -0.15) is 0 Å². The molecule has 1 rings (SSSR count). The summed E-state index contributed by atoms with van der Waals surface area (Å²) < 4.78 is 27.7. The number of hydrogen-bond donors (Lipinski definition) is 2. The molecule has 0 bridgehead atoms. The molecule has 6 heteroatoms. The molecule has 0 atom stereocenters. The molecule has 0 aromatic carbocycles. The summed E-state index contributed by atoms with van der Waals surface area (Å²) in [5, 5.41) is 3.06. The Labute approximate surface area is 128 Å². The molecule has 1 aromatic rings. The van der Waals surface area contributed by atoms with E-state index in [1.165, 1.54) is 0 Å². The third-order valence-corrected chi connectivity index (χ3v) is 5.32. The first kappa shape index (κ1) is 17.9. The lowest BCUT2D eigenvalue weighted by Crippen LogP contribution is -2.37. The number of pyridine rings is 1. The molecule has 0 amide bonds. The summed E-state index contributed by atoms with van der Waals surface area (Å²) in [5.74, 6) is 0.793. The smallest absolute Gasteiger partial charge is 0.244 e. The number of anilines is 1. The van der Waals surface area contributed by atoms with E-state index in [0.717, 1.165) is 6.42 Å². The average molecular weight is 313 g/mol. The fourth-order valence-corrected chi connectivity index (χ4v) is 2.90. The minimum Gasteiger partial charge on any atom is -0.369 e. The highest BCUT2D eigenvalue weighted by Crippen LogP contribution is 2.26. The van der Waals surface area contributed by atoms with Crippen LogP contribution in [0.15, 0.2) is 23.2 Å². The maximum atomic E-state index is 12.5. The SMILES string of the molecule is CCCNc1ncccc1S(=O)(=O)NCC(C)(C)C(C)C. The third kappa shape index (κ3) is 4.97. The Morgan fingerprint density at radius 1 is 1.33 bits per heavy atom. The summed E-state index contributed by atoms with van der Waals surface area (Å²) >= 11 is 0. The van der Waals surface area contributed by atoms with E-state index < -0.39 is 10.0 Å². The number of sulfonamides is 1. The molecule has 0 unspecified atom stereocenters. The van der Waals surface area contributed by atoms with Gasteiger partial charge in [-0.05, 0) is 29.9 Å². The van der Waals surface area contributed by atoms with E-state index in [2.05, 4.69) is 42.7 Å². The summed E-state index contributed by atoms with van der Waals surface area (Å²) in [7, 11) is -3.56. The standard InChI is InChI=1S/C15H27N3O2S/c1-6-9-16-14-13(8-7-10-17-14)21(19,20)18-11-15(4,5)12(2)3/h7-8,10,12,18H,6,9,11H2,1-5H3,(H,16,17). The van der Waals surface area contributed by atoms with Gasteiger partial charge in [-0.1, -0.05) is 34.6 Å². The van der Waals surface area contributed by atoms with Gasteiger partial charge in [0.15, 0.2) is 0 Å². The molecule has 0 aliphatic rings. The molecule has 0 radical (unpaired) electrons. The second-order valence-electron chi connectivity index (χ2n) is 6.24. The zero-order chi connectivity index (χ0) is 16.1. The summed E-state index contributed by atoms with van der Waals surface area (Å²) in [6, 6.07) is 3.22. The Morgan fingerprint density at radius 2 is 2.00 bits per heavy atom. The van der Waals surface area contributed by atoms with E-state index in [9.17, 15) is 8.42 Å². The molecule has 0 aliphatic carbocycles. The van der Waals surface area contributed by atoms with Crippen LogP contribution in [0.3, 0.4) is 0 Å². The quantitative estimate of drug-likeness (QED) is 0.774. The Kier molecular flexibility index (Phi) is 6.16.